The second-order valence-electron chi connectivity index (χ2n) is 6.35. The lowest BCUT2D eigenvalue weighted by Gasteiger charge is -2.33. The fraction of sp³-hybridized carbons (Fsp3) is 0.500. The molecule has 0 bridgehead atoms. The normalized spacial score (nSPS) is 20.3. The highest BCUT2D eigenvalue weighted by atomic mass is 16.5. The van der Waals surface area contributed by atoms with Gasteiger partial charge in [-0.25, -0.2) is 4.98 Å². The molecule has 2 atom stereocenters. The van der Waals surface area contributed by atoms with E-state index in [1.54, 1.807) is 6.20 Å². The maximum absolute atomic E-state index is 10.3. The molecule has 1 aliphatic rings. The third-order valence-corrected chi connectivity index (χ3v) is 4.31. The number of aliphatic hydroxyl groups is 1. The lowest BCUT2D eigenvalue weighted by atomic mass is 9.97. The number of ether oxygens (including phenoxy) is 1. The van der Waals surface area contributed by atoms with Crippen LogP contribution >= 0.6 is 0 Å². The number of imidazole rings is 1. The lowest BCUT2D eigenvalue weighted by Crippen LogP contribution is -2.41. The Hall–Kier alpha value is -1.85. The molecular formula is C18H25N3O2. The zero-order chi connectivity index (χ0) is 16.1. The van der Waals surface area contributed by atoms with Gasteiger partial charge in [0.25, 0.3) is 0 Å². The molecule has 2 aromatic rings. The number of hydrogen-bond donors (Lipinski definition) is 2. The van der Waals surface area contributed by atoms with E-state index in [-0.39, 0.29) is 0 Å². The summed E-state index contributed by atoms with van der Waals surface area (Å²) >= 11 is 0. The number of aromatic amines is 1. The maximum Gasteiger partial charge on any atom is 0.119 e. The number of benzene rings is 1. The van der Waals surface area contributed by atoms with Gasteiger partial charge in [0, 0.05) is 31.4 Å². The molecule has 0 saturated carbocycles. The van der Waals surface area contributed by atoms with Crippen LogP contribution in [0.2, 0.25) is 0 Å². The van der Waals surface area contributed by atoms with Crippen LogP contribution in [0.3, 0.4) is 0 Å². The maximum atomic E-state index is 10.3. The van der Waals surface area contributed by atoms with Gasteiger partial charge in [0.1, 0.15) is 24.3 Å². The Morgan fingerprint density at radius 3 is 3.17 bits per heavy atom. The summed E-state index contributed by atoms with van der Waals surface area (Å²) in [5, 5.41) is 10.3. The van der Waals surface area contributed by atoms with Crippen molar-refractivity contribution in [2.75, 3.05) is 26.2 Å². The van der Waals surface area contributed by atoms with Gasteiger partial charge in [-0.05, 0) is 44.0 Å². The van der Waals surface area contributed by atoms with Crippen molar-refractivity contribution in [1.82, 2.24) is 14.9 Å². The van der Waals surface area contributed by atoms with Crippen LogP contribution in [0.15, 0.2) is 36.7 Å². The minimum absolute atomic E-state index is 0.325. The van der Waals surface area contributed by atoms with Crippen LogP contribution < -0.4 is 4.74 Å². The first-order chi connectivity index (χ1) is 11.2. The summed E-state index contributed by atoms with van der Waals surface area (Å²) in [6, 6.07) is 7.91. The quantitative estimate of drug-likeness (QED) is 0.859. The molecule has 23 heavy (non-hydrogen) atoms. The van der Waals surface area contributed by atoms with Gasteiger partial charge in [-0.15, -0.1) is 0 Å². The predicted molar refractivity (Wildman–Crippen MR) is 89.7 cm³/mol. The van der Waals surface area contributed by atoms with Gasteiger partial charge in [-0.1, -0.05) is 12.1 Å². The van der Waals surface area contributed by atoms with Crippen molar-refractivity contribution in [3.63, 3.8) is 0 Å². The largest absolute Gasteiger partial charge is 0.491 e. The summed E-state index contributed by atoms with van der Waals surface area (Å²) in [5.74, 6) is 2.31. The molecule has 1 aliphatic heterocycles. The van der Waals surface area contributed by atoms with Crippen molar-refractivity contribution in [2.45, 2.75) is 31.8 Å². The molecular weight excluding hydrogens is 290 g/mol. The number of piperidine rings is 1. The van der Waals surface area contributed by atoms with Crippen molar-refractivity contribution in [1.29, 1.82) is 0 Å². The Labute approximate surface area is 137 Å². The van der Waals surface area contributed by atoms with Gasteiger partial charge in [-0.3, -0.25) is 4.90 Å². The Kier molecular flexibility index (Phi) is 5.31. The molecule has 1 saturated heterocycles. The van der Waals surface area contributed by atoms with Gasteiger partial charge in [-0.2, -0.15) is 0 Å². The summed E-state index contributed by atoms with van der Waals surface area (Å²) in [6.45, 7) is 4.97. The molecule has 1 aromatic carbocycles. The minimum Gasteiger partial charge on any atom is -0.491 e. The molecule has 3 rings (SSSR count). The number of likely N-dealkylation sites (tertiary alicyclic amines) is 1. The number of nitrogens with one attached hydrogen (secondary N) is 1. The first-order valence-electron chi connectivity index (χ1n) is 8.30. The fourth-order valence-electron chi connectivity index (χ4n) is 3.19. The zero-order valence-corrected chi connectivity index (χ0v) is 13.6. The van der Waals surface area contributed by atoms with Gasteiger partial charge in [0.2, 0.25) is 0 Å². The third kappa shape index (κ3) is 4.56. The number of hydrogen-bond acceptors (Lipinski definition) is 4. The average molecular weight is 315 g/mol. The second-order valence-corrected chi connectivity index (χ2v) is 6.35. The van der Waals surface area contributed by atoms with E-state index in [1.165, 1.54) is 0 Å². The van der Waals surface area contributed by atoms with Crippen LogP contribution in [-0.4, -0.2) is 52.3 Å². The molecule has 0 amide bonds. The number of aromatic nitrogens is 2. The summed E-state index contributed by atoms with van der Waals surface area (Å²) in [6.07, 6.45) is 5.49. The van der Waals surface area contributed by atoms with Gasteiger partial charge in [0.15, 0.2) is 0 Å². The molecule has 1 fully saturated rings. The van der Waals surface area contributed by atoms with Crippen LogP contribution in [0, 0.1) is 6.92 Å². The number of H-pyrrole nitrogens is 1. The van der Waals surface area contributed by atoms with E-state index in [0.29, 0.717) is 19.1 Å². The van der Waals surface area contributed by atoms with Crippen molar-refractivity contribution in [3.8, 4) is 5.75 Å². The summed E-state index contributed by atoms with van der Waals surface area (Å²) in [7, 11) is 0. The van der Waals surface area contributed by atoms with E-state index in [4.69, 9.17) is 4.74 Å². The van der Waals surface area contributed by atoms with E-state index in [2.05, 4.69) is 14.9 Å². The second kappa shape index (κ2) is 7.62. The number of rotatable bonds is 6. The van der Waals surface area contributed by atoms with Crippen molar-refractivity contribution < 1.29 is 9.84 Å². The topological polar surface area (TPSA) is 61.4 Å². The predicted octanol–water partition coefficient (Wildman–Crippen LogP) is 2.34. The Morgan fingerprint density at radius 2 is 2.39 bits per heavy atom. The third-order valence-electron chi connectivity index (χ3n) is 4.31. The van der Waals surface area contributed by atoms with Crippen LogP contribution in [0.4, 0.5) is 0 Å². The smallest absolute Gasteiger partial charge is 0.119 e. The molecule has 5 heteroatoms. The fourth-order valence-corrected chi connectivity index (χ4v) is 3.19. The summed E-state index contributed by atoms with van der Waals surface area (Å²) in [4.78, 5) is 9.88. The number of aliphatic hydroxyl groups excluding tert-OH is 1. The Morgan fingerprint density at radius 1 is 1.48 bits per heavy atom. The zero-order valence-electron chi connectivity index (χ0n) is 13.6. The van der Waals surface area contributed by atoms with Crippen LogP contribution in [0.1, 0.15) is 30.1 Å². The Bertz CT molecular complexity index is 600. The van der Waals surface area contributed by atoms with Crippen LogP contribution in [0.25, 0.3) is 0 Å². The van der Waals surface area contributed by atoms with Gasteiger partial charge in [0.05, 0.1) is 0 Å². The van der Waals surface area contributed by atoms with Crippen LogP contribution in [0.5, 0.6) is 5.75 Å². The van der Waals surface area contributed by atoms with Crippen molar-refractivity contribution >= 4 is 0 Å². The highest BCUT2D eigenvalue weighted by Gasteiger charge is 2.24. The molecule has 0 aliphatic carbocycles. The molecule has 2 heterocycles. The Balaban J connectivity index is 1.46. The number of nitrogens with zero attached hydrogens (tertiary/aromatic N) is 2. The average Bonchev–Trinajstić information content (AvgIpc) is 3.08. The SMILES string of the molecule is Cc1cccc(OC[C@H](O)CN2CCC[C@@H](c3ncc[nH]3)C2)c1. The summed E-state index contributed by atoms with van der Waals surface area (Å²) < 4.78 is 5.69. The highest BCUT2D eigenvalue weighted by molar-refractivity contribution is 5.27. The standard InChI is InChI=1S/C18H25N3O2/c1-14-4-2-6-17(10-14)23-13-16(22)12-21-9-3-5-15(11-21)18-19-7-8-20-18/h2,4,6-8,10,15-16,22H,3,5,9,11-13H2,1H3,(H,19,20)/t15-,16-/m1/s1. The van der Waals surface area contributed by atoms with E-state index < -0.39 is 6.10 Å². The molecule has 0 spiro atoms. The first-order valence-corrected chi connectivity index (χ1v) is 8.30. The minimum atomic E-state index is -0.481. The molecule has 2 N–H and O–H groups in total. The molecule has 124 valence electrons. The van der Waals surface area contributed by atoms with E-state index in [9.17, 15) is 5.11 Å². The molecule has 0 unspecified atom stereocenters. The first kappa shape index (κ1) is 16.0. The van der Waals surface area contributed by atoms with E-state index in [1.807, 2.05) is 37.4 Å². The number of β-amino-alcohol motifs (C(OH)–C–C–N with tert-alkyl or cyclic N) is 1. The van der Waals surface area contributed by atoms with E-state index in [0.717, 1.165) is 43.1 Å². The highest BCUT2D eigenvalue weighted by Crippen LogP contribution is 2.24. The lowest BCUT2D eigenvalue weighted by molar-refractivity contribution is 0.0578. The van der Waals surface area contributed by atoms with Crippen LogP contribution in [-0.2, 0) is 0 Å². The monoisotopic (exact) mass is 315 g/mol. The van der Waals surface area contributed by atoms with Crippen molar-refractivity contribution in [3.05, 3.63) is 48.0 Å². The number of aryl methyl sites for hydroxylation is 1. The molecule has 5 nitrogen and oxygen atoms in total. The van der Waals surface area contributed by atoms with Gasteiger partial charge >= 0.3 is 0 Å². The summed E-state index contributed by atoms with van der Waals surface area (Å²) in [5.41, 5.74) is 1.16. The molecule has 1 aromatic heterocycles. The van der Waals surface area contributed by atoms with Gasteiger partial charge < -0.3 is 14.8 Å². The van der Waals surface area contributed by atoms with E-state index >= 15 is 0 Å². The van der Waals surface area contributed by atoms with Crippen molar-refractivity contribution in [2.24, 2.45) is 0 Å². The molecule has 0 radical (unpaired) electrons.